The average molecular weight is 296 g/mol. The second-order valence-electron chi connectivity index (χ2n) is 4.37. The maximum atomic E-state index is 12.0. The van der Waals surface area contributed by atoms with E-state index in [2.05, 4.69) is 0 Å². The lowest BCUT2D eigenvalue weighted by Gasteiger charge is -2.30. The van der Waals surface area contributed by atoms with Crippen LogP contribution in [0.5, 0.6) is 0 Å². The van der Waals surface area contributed by atoms with E-state index < -0.39 is 12.1 Å². The molecule has 1 fully saturated rings. The molecule has 1 aliphatic heterocycles. The molecule has 0 saturated carbocycles. The molecule has 20 heavy (non-hydrogen) atoms. The fourth-order valence-corrected chi connectivity index (χ4v) is 1.97. The van der Waals surface area contributed by atoms with Crippen molar-refractivity contribution in [3.8, 4) is 0 Å². The first-order valence-corrected chi connectivity index (χ1v) is 6.51. The molecule has 1 heterocycles. The van der Waals surface area contributed by atoms with Gasteiger partial charge in [0.1, 0.15) is 0 Å². The number of hydrogen-bond donors (Lipinski definition) is 1. The normalized spacial score (nSPS) is 19.2. The molecule has 6 heteroatoms. The van der Waals surface area contributed by atoms with Crippen LogP contribution in [0.1, 0.15) is 5.56 Å². The molecule has 1 saturated heterocycles. The lowest BCUT2D eigenvalue weighted by atomic mass is 10.2. The number of nitrogens with zero attached hydrogens (tertiary/aromatic N) is 1. The van der Waals surface area contributed by atoms with Crippen LogP contribution in [-0.2, 0) is 14.3 Å². The van der Waals surface area contributed by atoms with Crippen molar-refractivity contribution in [3.05, 3.63) is 40.9 Å². The van der Waals surface area contributed by atoms with Crippen molar-refractivity contribution in [2.45, 2.75) is 6.10 Å². The summed E-state index contributed by atoms with van der Waals surface area (Å²) in [6, 6.07) is 7.07. The van der Waals surface area contributed by atoms with Crippen LogP contribution >= 0.6 is 11.6 Å². The highest BCUT2D eigenvalue weighted by atomic mass is 35.5. The van der Waals surface area contributed by atoms with E-state index in [9.17, 15) is 9.59 Å². The maximum Gasteiger partial charge on any atom is 0.334 e. The Bertz CT molecular complexity index is 526. The van der Waals surface area contributed by atoms with Crippen molar-refractivity contribution >= 4 is 29.6 Å². The zero-order chi connectivity index (χ0) is 14.5. The van der Waals surface area contributed by atoms with Crippen molar-refractivity contribution in [2.24, 2.45) is 0 Å². The summed E-state index contributed by atoms with van der Waals surface area (Å²) in [5.41, 5.74) is 0.853. The van der Waals surface area contributed by atoms with Crippen molar-refractivity contribution in [1.82, 2.24) is 4.90 Å². The summed E-state index contributed by atoms with van der Waals surface area (Å²) in [6.45, 7) is 0.699. The Morgan fingerprint density at radius 1 is 1.35 bits per heavy atom. The summed E-state index contributed by atoms with van der Waals surface area (Å²) < 4.78 is 5.06. The van der Waals surface area contributed by atoms with E-state index in [0.717, 1.165) is 5.56 Å². The van der Waals surface area contributed by atoms with Gasteiger partial charge in [-0.3, -0.25) is 4.79 Å². The number of ether oxygens (including phenoxy) is 1. The Balaban J connectivity index is 1.97. The molecule has 0 radical (unpaired) electrons. The highest BCUT2D eigenvalue weighted by molar-refractivity contribution is 6.30. The molecule has 0 bridgehead atoms. The number of amides is 1. The smallest absolute Gasteiger partial charge is 0.334 e. The molecule has 1 unspecified atom stereocenters. The molecule has 1 aromatic carbocycles. The third kappa shape index (κ3) is 3.82. The summed E-state index contributed by atoms with van der Waals surface area (Å²) in [4.78, 5) is 24.3. The Hall–Kier alpha value is -1.85. The molecule has 0 aromatic heterocycles. The first kappa shape index (κ1) is 14.6. The van der Waals surface area contributed by atoms with Crippen molar-refractivity contribution in [1.29, 1.82) is 0 Å². The van der Waals surface area contributed by atoms with Crippen LogP contribution in [0.2, 0.25) is 5.02 Å². The molecular weight excluding hydrogens is 282 g/mol. The highest BCUT2D eigenvalue weighted by Gasteiger charge is 2.27. The van der Waals surface area contributed by atoms with Gasteiger partial charge in [0.05, 0.1) is 13.2 Å². The van der Waals surface area contributed by atoms with Gasteiger partial charge in [-0.15, -0.1) is 0 Å². The Morgan fingerprint density at radius 2 is 2.05 bits per heavy atom. The monoisotopic (exact) mass is 295 g/mol. The highest BCUT2D eigenvalue weighted by Crippen LogP contribution is 2.11. The van der Waals surface area contributed by atoms with Gasteiger partial charge in [0, 0.05) is 17.6 Å². The summed E-state index contributed by atoms with van der Waals surface area (Å²) in [7, 11) is 0. The van der Waals surface area contributed by atoms with Gasteiger partial charge in [-0.05, 0) is 23.8 Å². The first-order chi connectivity index (χ1) is 9.56. The number of hydrogen-bond acceptors (Lipinski definition) is 3. The second kappa shape index (κ2) is 6.54. The minimum atomic E-state index is -1.05. The standard InChI is InChI=1S/C14H14ClNO4/c15-11-4-1-10(2-5-11)3-6-13(17)16-7-8-20-12(9-16)14(18)19/h1-6,12H,7-9H2,(H,18,19). The molecule has 2 rings (SSSR count). The van der Waals surface area contributed by atoms with E-state index in [1.54, 1.807) is 30.3 Å². The summed E-state index contributed by atoms with van der Waals surface area (Å²) in [5, 5.41) is 9.51. The topological polar surface area (TPSA) is 66.8 Å². The second-order valence-corrected chi connectivity index (χ2v) is 4.80. The summed E-state index contributed by atoms with van der Waals surface area (Å²) in [5.74, 6) is -1.28. The third-order valence-corrected chi connectivity index (χ3v) is 3.19. The van der Waals surface area contributed by atoms with Gasteiger partial charge in [0.2, 0.25) is 5.91 Å². The van der Waals surface area contributed by atoms with E-state index in [1.807, 2.05) is 0 Å². The van der Waals surface area contributed by atoms with E-state index in [-0.39, 0.29) is 19.1 Å². The fraction of sp³-hybridized carbons (Fsp3) is 0.286. The number of halogens is 1. The molecule has 5 nitrogen and oxygen atoms in total. The quantitative estimate of drug-likeness (QED) is 0.861. The van der Waals surface area contributed by atoms with Crippen LogP contribution in [-0.4, -0.2) is 47.7 Å². The van der Waals surface area contributed by atoms with E-state index in [1.165, 1.54) is 11.0 Å². The molecule has 1 aromatic rings. The van der Waals surface area contributed by atoms with Crippen LogP contribution in [0, 0.1) is 0 Å². The minimum absolute atomic E-state index is 0.0686. The van der Waals surface area contributed by atoms with Crippen molar-refractivity contribution in [3.63, 3.8) is 0 Å². The molecular formula is C14H14ClNO4. The van der Waals surface area contributed by atoms with Gasteiger partial charge in [-0.2, -0.15) is 0 Å². The number of aliphatic carboxylic acids is 1. The number of carboxylic acids is 1. The zero-order valence-electron chi connectivity index (χ0n) is 10.7. The van der Waals surface area contributed by atoms with Crippen LogP contribution < -0.4 is 0 Å². The number of rotatable bonds is 3. The van der Waals surface area contributed by atoms with Crippen LogP contribution in [0.3, 0.4) is 0 Å². The van der Waals surface area contributed by atoms with Gasteiger partial charge in [0.25, 0.3) is 0 Å². The van der Waals surface area contributed by atoms with Crippen molar-refractivity contribution in [2.75, 3.05) is 19.7 Å². The lowest BCUT2D eigenvalue weighted by molar-refractivity contribution is -0.158. The van der Waals surface area contributed by atoms with Crippen molar-refractivity contribution < 1.29 is 19.4 Å². The van der Waals surface area contributed by atoms with Gasteiger partial charge in [-0.1, -0.05) is 23.7 Å². The minimum Gasteiger partial charge on any atom is -0.479 e. The molecule has 1 atom stereocenters. The first-order valence-electron chi connectivity index (χ1n) is 6.13. The largest absolute Gasteiger partial charge is 0.479 e. The molecule has 1 aliphatic rings. The molecule has 0 spiro atoms. The van der Waals surface area contributed by atoms with Crippen LogP contribution in [0.25, 0.3) is 6.08 Å². The van der Waals surface area contributed by atoms with Gasteiger partial charge in [0.15, 0.2) is 6.10 Å². The SMILES string of the molecule is O=C(O)C1CN(C(=O)C=Cc2ccc(Cl)cc2)CCO1. The summed E-state index contributed by atoms with van der Waals surface area (Å²) >= 11 is 5.77. The van der Waals surface area contributed by atoms with Crippen LogP contribution in [0.15, 0.2) is 30.3 Å². The summed E-state index contributed by atoms with van der Waals surface area (Å²) in [6.07, 6.45) is 2.15. The Labute approximate surface area is 121 Å². The lowest BCUT2D eigenvalue weighted by Crippen LogP contribution is -2.48. The Morgan fingerprint density at radius 3 is 2.70 bits per heavy atom. The van der Waals surface area contributed by atoms with Crippen LogP contribution in [0.4, 0.5) is 0 Å². The maximum absolute atomic E-state index is 12.0. The molecule has 106 valence electrons. The van der Waals surface area contributed by atoms with E-state index in [4.69, 9.17) is 21.4 Å². The third-order valence-electron chi connectivity index (χ3n) is 2.94. The molecule has 1 N–H and O–H groups in total. The molecule has 1 amide bonds. The number of carbonyl (C=O) groups is 2. The van der Waals surface area contributed by atoms with E-state index in [0.29, 0.717) is 11.6 Å². The number of benzene rings is 1. The predicted molar refractivity (Wildman–Crippen MR) is 74.4 cm³/mol. The van der Waals surface area contributed by atoms with Gasteiger partial charge < -0.3 is 14.7 Å². The zero-order valence-corrected chi connectivity index (χ0v) is 11.4. The number of morpholine rings is 1. The predicted octanol–water partition coefficient (Wildman–Crippen LogP) is 1.67. The van der Waals surface area contributed by atoms with E-state index >= 15 is 0 Å². The van der Waals surface area contributed by atoms with Gasteiger partial charge in [-0.25, -0.2) is 4.79 Å². The average Bonchev–Trinajstić information content (AvgIpc) is 2.46. The number of carbonyl (C=O) groups excluding carboxylic acids is 1. The fourth-order valence-electron chi connectivity index (χ4n) is 1.85. The molecule has 0 aliphatic carbocycles. The Kier molecular flexibility index (Phi) is 4.76. The number of carboxylic acid groups (broad SMARTS) is 1. The van der Waals surface area contributed by atoms with Gasteiger partial charge >= 0.3 is 5.97 Å².